The number of amides is 1. The number of carbonyl (C=O) groups excluding carboxylic acids is 1. The Hall–Kier alpha value is -2.62. The van der Waals surface area contributed by atoms with Crippen LogP contribution in [0.3, 0.4) is 0 Å². The largest absolute Gasteiger partial charge is 0.496 e. The van der Waals surface area contributed by atoms with Crippen LogP contribution in [0.2, 0.25) is 5.02 Å². The zero-order valence-corrected chi connectivity index (χ0v) is 18.8. The second kappa shape index (κ2) is 10.6. The van der Waals surface area contributed by atoms with Gasteiger partial charge >= 0.3 is 0 Å². The number of piperidine rings is 1. The number of nitrogens with one attached hydrogen (secondary N) is 2. The van der Waals surface area contributed by atoms with Crippen LogP contribution in [0, 0.1) is 6.92 Å². The first-order chi connectivity index (χ1) is 14.9. The first-order valence-corrected chi connectivity index (χ1v) is 10.5. The van der Waals surface area contributed by atoms with Crippen molar-refractivity contribution in [3.8, 4) is 5.75 Å². The third kappa shape index (κ3) is 5.75. The Balaban J connectivity index is 1.56. The number of aromatic nitrogens is 2. The van der Waals surface area contributed by atoms with Gasteiger partial charge in [-0.15, -0.1) is 0 Å². The number of rotatable bonds is 8. The maximum Gasteiger partial charge on any atom is 0.255 e. The first-order valence-electron chi connectivity index (χ1n) is 10.1. The van der Waals surface area contributed by atoms with Gasteiger partial charge in [-0.05, 0) is 19.4 Å². The number of ether oxygens (including phenoxy) is 2. The molecule has 10 heteroatoms. The highest BCUT2D eigenvalue weighted by molar-refractivity contribution is 6.33. The molecule has 1 fully saturated rings. The van der Waals surface area contributed by atoms with Crippen LogP contribution in [0.1, 0.15) is 22.5 Å². The van der Waals surface area contributed by atoms with Crippen molar-refractivity contribution in [1.29, 1.82) is 0 Å². The molecule has 0 saturated carbocycles. The molecule has 31 heavy (non-hydrogen) atoms. The van der Waals surface area contributed by atoms with E-state index >= 15 is 0 Å². The molecule has 1 saturated heterocycles. The maximum absolute atomic E-state index is 12.9. The number of nitrogen functional groups attached to an aromatic ring is 1. The van der Waals surface area contributed by atoms with Gasteiger partial charge in [0, 0.05) is 51.7 Å². The fourth-order valence-electron chi connectivity index (χ4n) is 3.66. The summed E-state index contributed by atoms with van der Waals surface area (Å²) in [4.78, 5) is 23.7. The van der Waals surface area contributed by atoms with E-state index in [4.69, 9.17) is 26.8 Å². The SMILES string of the molecule is COc1cc(N)c(Cl)cc1C(=O)NC1CCN(CCNc2nccnc2C)CC1OC. The molecular formula is C21H29ClN6O3. The standard InChI is InChI=1S/C21H29ClN6O3/c1-13-20(25-6-5-24-13)26-7-9-28-8-4-17(19(12-28)31-3)27-21(29)14-10-15(22)16(23)11-18(14)30-2/h5-6,10-11,17,19H,4,7-9,12,23H2,1-3H3,(H,25,26)(H,27,29). The lowest BCUT2D eigenvalue weighted by Gasteiger charge is -2.38. The lowest BCUT2D eigenvalue weighted by molar-refractivity contribution is 0.00762. The second-order valence-corrected chi connectivity index (χ2v) is 7.84. The highest BCUT2D eigenvalue weighted by Gasteiger charge is 2.31. The summed E-state index contributed by atoms with van der Waals surface area (Å²) < 4.78 is 11.0. The lowest BCUT2D eigenvalue weighted by Crippen LogP contribution is -2.55. The minimum Gasteiger partial charge on any atom is -0.496 e. The van der Waals surface area contributed by atoms with Gasteiger partial charge in [-0.2, -0.15) is 0 Å². The van der Waals surface area contributed by atoms with Gasteiger partial charge in [0.15, 0.2) is 0 Å². The van der Waals surface area contributed by atoms with Crippen molar-refractivity contribution < 1.29 is 14.3 Å². The Kier molecular flexibility index (Phi) is 7.89. The number of likely N-dealkylation sites (tertiary alicyclic amines) is 1. The number of aryl methyl sites for hydroxylation is 1. The van der Waals surface area contributed by atoms with Crippen LogP contribution >= 0.6 is 11.6 Å². The number of anilines is 2. The summed E-state index contributed by atoms with van der Waals surface area (Å²) in [7, 11) is 3.15. The molecule has 9 nitrogen and oxygen atoms in total. The third-order valence-corrected chi connectivity index (χ3v) is 5.75. The van der Waals surface area contributed by atoms with Crippen molar-refractivity contribution in [2.75, 3.05) is 51.4 Å². The summed E-state index contributed by atoms with van der Waals surface area (Å²) in [6.07, 6.45) is 3.98. The van der Waals surface area contributed by atoms with Crippen molar-refractivity contribution in [1.82, 2.24) is 20.2 Å². The third-order valence-electron chi connectivity index (χ3n) is 5.43. The Morgan fingerprint density at radius 1 is 1.32 bits per heavy atom. The van der Waals surface area contributed by atoms with E-state index < -0.39 is 0 Å². The molecule has 0 radical (unpaired) electrons. The van der Waals surface area contributed by atoms with Crippen molar-refractivity contribution in [2.45, 2.75) is 25.5 Å². The van der Waals surface area contributed by atoms with Crippen LogP contribution < -0.4 is 21.1 Å². The second-order valence-electron chi connectivity index (χ2n) is 7.43. The number of hydrogen-bond acceptors (Lipinski definition) is 8. The van der Waals surface area contributed by atoms with Crippen LogP contribution in [-0.2, 0) is 4.74 Å². The number of nitrogens with two attached hydrogens (primary N) is 1. The minimum absolute atomic E-state index is 0.120. The average Bonchev–Trinajstić information content (AvgIpc) is 2.77. The molecule has 0 spiro atoms. The summed E-state index contributed by atoms with van der Waals surface area (Å²) >= 11 is 6.10. The van der Waals surface area contributed by atoms with Crippen LogP contribution in [0.5, 0.6) is 5.75 Å². The van der Waals surface area contributed by atoms with Gasteiger partial charge in [0.2, 0.25) is 0 Å². The molecule has 2 atom stereocenters. The Labute approximate surface area is 187 Å². The Bertz CT molecular complexity index is 913. The van der Waals surface area contributed by atoms with Gasteiger partial charge in [-0.1, -0.05) is 11.6 Å². The predicted molar refractivity (Wildman–Crippen MR) is 121 cm³/mol. The van der Waals surface area contributed by atoms with Gasteiger partial charge in [0.25, 0.3) is 5.91 Å². The van der Waals surface area contributed by atoms with Crippen LogP contribution in [0.15, 0.2) is 24.5 Å². The molecular weight excluding hydrogens is 420 g/mol. The van der Waals surface area contributed by atoms with Crippen LogP contribution in [0.4, 0.5) is 11.5 Å². The predicted octanol–water partition coefficient (Wildman–Crippen LogP) is 1.96. The van der Waals surface area contributed by atoms with E-state index in [-0.39, 0.29) is 18.1 Å². The molecule has 4 N–H and O–H groups in total. The molecule has 1 aliphatic heterocycles. The Morgan fingerprint density at radius 3 is 2.81 bits per heavy atom. The zero-order valence-electron chi connectivity index (χ0n) is 18.0. The quantitative estimate of drug-likeness (QED) is 0.525. The van der Waals surface area contributed by atoms with E-state index in [1.54, 1.807) is 25.6 Å². The molecule has 168 valence electrons. The van der Waals surface area contributed by atoms with E-state index in [1.165, 1.54) is 13.2 Å². The van der Waals surface area contributed by atoms with Crippen LogP contribution in [-0.4, -0.2) is 73.3 Å². The van der Waals surface area contributed by atoms with Crippen molar-refractivity contribution in [3.63, 3.8) is 0 Å². The highest BCUT2D eigenvalue weighted by Crippen LogP contribution is 2.29. The molecule has 1 amide bonds. The molecule has 3 rings (SSSR count). The molecule has 2 unspecified atom stereocenters. The topological polar surface area (TPSA) is 115 Å². The van der Waals surface area contributed by atoms with Gasteiger partial charge in [0.1, 0.15) is 11.6 Å². The fourth-order valence-corrected chi connectivity index (χ4v) is 3.83. The zero-order chi connectivity index (χ0) is 22.4. The molecule has 0 bridgehead atoms. The number of carbonyl (C=O) groups is 1. The fraction of sp³-hybridized carbons (Fsp3) is 0.476. The summed E-state index contributed by atoms with van der Waals surface area (Å²) in [5.41, 5.74) is 7.40. The number of benzene rings is 1. The van der Waals surface area contributed by atoms with E-state index in [9.17, 15) is 4.79 Å². The molecule has 0 aliphatic carbocycles. The van der Waals surface area contributed by atoms with Crippen molar-refractivity contribution in [2.24, 2.45) is 0 Å². The Morgan fingerprint density at radius 2 is 2.10 bits per heavy atom. The number of nitrogens with zero attached hydrogens (tertiary/aromatic N) is 3. The minimum atomic E-state index is -0.265. The summed E-state index contributed by atoms with van der Waals surface area (Å²) in [6, 6.07) is 2.96. The molecule has 1 aromatic heterocycles. The van der Waals surface area contributed by atoms with E-state index in [0.29, 0.717) is 28.6 Å². The van der Waals surface area contributed by atoms with Gasteiger partial charge < -0.3 is 25.8 Å². The monoisotopic (exact) mass is 448 g/mol. The normalized spacial score (nSPS) is 19.1. The van der Waals surface area contributed by atoms with Crippen LogP contribution in [0.25, 0.3) is 0 Å². The molecule has 1 aliphatic rings. The molecule has 2 aromatic rings. The molecule has 1 aromatic carbocycles. The number of methoxy groups -OCH3 is 2. The number of hydrogen-bond donors (Lipinski definition) is 3. The first kappa shape index (κ1) is 23.1. The van der Waals surface area contributed by atoms with Gasteiger partial charge in [0.05, 0.1) is 41.2 Å². The summed E-state index contributed by atoms with van der Waals surface area (Å²) in [6.45, 7) is 5.05. The summed E-state index contributed by atoms with van der Waals surface area (Å²) in [5.74, 6) is 0.916. The lowest BCUT2D eigenvalue weighted by atomic mass is 10.0. The van der Waals surface area contributed by atoms with Gasteiger partial charge in [-0.25, -0.2) is 4.98 Å². The smallest absolute Gasteiger partial charge is 0.255 e. The summed E-state index contributed by atoms with van der Waals surface area (Å²) in [5, 5.41) is 6.70. The van der Waals surface area contributed by atoms with E-state index in [0.717, 1.165) is 37.6 Å². The van der Waals surface area contributed by atoms with Crippen molar-refractivity contribution in [3.05, 3.63) is 40.8 Å². The van der Waals surface area contributed by atoms with E-state index in [1.807, 2.05) is 6.92 Å². The molecule has 2 heterocycles. The van der Waals surface area contributed by atoms with E-state index in [2.05, 4.69) is 25.5 Å². The van der Waals surface area contributed by atoms with Crippen molar-refractivity contribution >= 4 is 29.0 Å². The maximum atomic E-state index is 12.9. The number of halogens is 1. The van der Waals surface area contributed by atoms with Gasteiger partial charge in [-0.3, -0.25) is 14.7 Å². The average molecular weight is 449 g/mol. The highest BCUT2D eigenvalue weighted by atomic mass is 35.5.